The summed E-state index contributed by atoms with van der Waals surface area (Å²) in [6, 6.07) is 53.5. The van der Waals surface area contributed by atoms with Gasteiger partial charge in [-0.3, -0.25) is 9.13 Å². The summed E-state index contributed by atoms with van der Waals surface area (Å²) in [6.07, 6.45) is 0. The molecule has 230 valence electrons. The van der Waals surface area contributed by atoms with Gasteiger partial charge in [-0.05, 0) is 72.8 Å². The molecule has 0 spiro atoms. The Kier molecular flexibility index (Phi) is 5.90. The van der Waals surface area contributed by atoms with Crippen LogP contribution in [-0.4, -0.2) is 19.1 Å². The summed E-state index contributed by atoms with van der Waals surface area (Å²) in [5.41, 5.74) is 8.96. The molecule has 2 aromatic heterocycles. The van der Waals surface area contributed by atoms with Crippen molar-refractivity contribution in [3.8, 4) is 46.3 Å². The van der Waals surface area contributed by atoms with E-state index >= 15 is 0 Å². The Morgan fingerprint density at radius 2 is 0.780 bits per heavy atom. The Morgan fingerprint density at radius 3 is 1.16 bits per heavy atom. The number of fused-ring (bicyclic) bond motifs is 6. The van der Waals surface area contributed by atoms with E-state index in [9.17, 15) is 10.5 Å². The maximum atomic E-state index is 9.50. The predicted octanol–water partition coefficient (Wildman–Crippen LogP) is 10.3. The Hall–Kier alpha value is -7.28. The Morgan fingerprint density at radius 1 is 0.400 bits per heavy atom. The van der Waals surface area contributed by atoms with E-state index in [0.717, 1.165) is 88.5 Å². The first kappa shape index (κ1) is 27.8. The Bertz CT molecular complexity index is 2800. The molecule has 2 heterocycles. The first-order chi connectivity index (χ1) is 24.7. The smallest absolute Gasteiger partial charge is 0.145 e. The van der Waals surface area contributed by atoms with Gasteiger partial charge in [-0.15, -0.1) is 0 Å². The van der Waals surface area contributed by atoms with Crippen molar-refractivity contribution >= 4 is 54.4 Å². The lowest BCUT2D eigenvalue weighted by Crippen LogP contribution is -1.99. The molecule has 0 fully saturated rings. The molecular weight excluding hydrogens is 613 g/mol. The lowest BCUT2D eigenvalue weighted by Gasteiger charge is -2.17. The zero-order valence-electron chi connectivity index (χ0n) is 26.5. The minimum absolute atomic E-state index is 0.608. The highest BCUT2D eigenvalue weighted by atomic mass is 15.1. The van der Waals surface area contributed by atoms with E-state index < -0.39 is 0 Å². The van der Waals surface area contributed by atoms with Gasteiger partial charge in [-0.1, -0.05) is 72.8 Å². The van der Waals surface area contributed by atoms with Gasteiger partial charge in [0.15, 0.2) is 0 Å². The molecule has 6 heteroatoms. The number of hydrogen-bond acceptors (Lipinski definition) is 4. The van der Waals surface area contributed by atoms with Crippen LogP contribution in [0.1, 0.15) is 11.1 Å². The van der Waals surface area contributed by atoms with Crippen molar-refractivity contribution in [1.82, 2.24) is 19.1 Å². The number of rotatable bonds is 4. The van der Waals surface area contributed by atoms with Gasteiger partial charge >= 0.3 is 0 Å². The van der Waals surface area contributed by atoms with Crippen LogP contribution in [-0.2, 0) is 0 Å². The summed E-state index contributed by atoms with van der Waals surface area (Å²) in [7, 11) is 0. The first-order valence-corrected chi connectivity index (χ1v) is 16.4. The number of nitrogens with zero attached hydrogens (tertiary/aromatic N) is 6. The second-order valence-corrected chi connectivity index (χ2v) is 12.4. The highest BCUT2D eigenvalue weighted by molar-refractivity contribution is 6.39. The molecule has 0 saturated heterocycles. The van der Waals surface area contributed by atoms with E-state index in [-0.39, 0.29) is 0 Å². The largest absolute Gasteiger partial charge is 0.292 e. The number of nitriles is 2. The van der Waals surface area contributed by atoms with Gasteiger partial charge in [0.2, 0.25) is 0 Å². The molecule has 0 atom stereocenters. The minimum atomic E-state index is 0.608. The van der Waals surface area contributed by atoms with E-state index in [4.69, 9.17) is 9.97 Å². The van der Waals surface area contributed by atoms with Crippen molar-refractivity contribution < 1.29 is 0 Å². The van der Waals surface area contributed by atoms with Crippen LogP contribution in [0.15, 0.2) is 146 Å². The van der Waals surface area contributed by atoms with E-state index in [2.05, 4.69) is 81.9 Å². The number of benzene rings is 8. The third-order valence-corrected chi connectivity index (χ3v) is 9.73. The van der Waals surface area contributed by atoms with Gasteiger partial charge in [0, 0.05) is 54.8 Å². The lowest BCUT2D eigenvalue weighted by atomic mass is 9.91. The summed E-state index contributed by atoms with van der Waals surface area (Å²) in [5, 5.41) is 25.6. The summed E-state index contributed by atoms with van der Waals surface area (Å²) in [6.45, 7) is 0. The molecule has 0 saturated carbocycles. The van der Waals surface area contributed by atoms with E-state index in [1.165, 1.54) is 0 Å². The average Bonchev–Trinajstić information content (AvgIpc) is 3.80. The van der Waals surface area contributed by atoms with Crippen molar-refractivity contribution in [3.63, 3.8) is 0 Å². The van der Waals surface area contributed by atoms with Crippen LogP contribution in [0.4, 0.5) is 0 Å². The molecule has 10 rings (SSSR count). The number of para-hydroxylation sites is 2. The van der Waals surface area contributed by atoms with Crippen LogP contribution in [0.5, 0.6) is 0 Å². The second-order valence-electron chi connectivity index (χ2n) is 12.4. The van der Waals surface area contributed by atoms with Crippen molar-refractivity contribution in [2.75, 3.05) is 0 Å². The fourth-order valence-electron chi connectivity index (χ4n) is 7.58. The summed E-state index contributed by atoms with van der Waals surface area (Å²) < 4.78 is 4.50. The number of hydrogen-bond donors (Lipinski definition) is 0. The third-order valence-electron chi connectivity index (χ3n) is 9.73. The predicted molar refractivity (Wildman–Crippen MR) is 200 cm³/mol. The SMILES string of the molecule is N#Cc1ccc(-c2nc3c4cccc5c4c4c(cccc4c3n2-c2ccccc2)c2nc(-c3ccc(C#N)cc3)n(-c3ccccc3)c52)cc1. The molecule has 0 amide bonds. The zero-order chi connectivity index (χ0) is 33.3. The molecule has 0 bridgehead atoms. The molecule has 0 radical (unpaired) electrons. The van der Waals surface area contributed by atoms with Crippen molar-refractivity contribution in [3.05, 3.63) is 157 Å². The van der Waals surface area contributed by atoms with Crippen LogP contribution < -0.4 is 0 Å². The molecular formula is C44H24N6. The summed E-state index contributed by atoms with van der Waals surface area (Å²) >= 11 is 0. The summed E-state index contributed by atoms with van der Waals surface area (Å²) in [5.74, 6) is 1.62. The van der Waals surface area contributed by atoms with Gasteiger partial charge in [0.05, 0.1) is 45.3 Å². The van der Waals surface area contributed by atoms with Gasteiger partial charge < -0.3 is 0 Å². The summed E-state index contributed by atoms with van der Waals surface area (Å²) in [4.78, 5) is 10.8. The second kappa shape index (κ2) is 10.6. The van der Waals surface area contributed by atoms with Gasteiger partial charge in [-0.2, -0.15) is 10.5 Å². The fourth-order valence-corrected chi connectivity index (χ4v) is 7.58. The topological polar surface area (TPSA) is 83.2 Å². The Balaban J connectivity index is 1.40. The van der Waals surface area contributed by atoms with Crippen molar-refractivity contribution in [2.24, 2.45) is 0 Å². The first-order valence-electron chi connectivity index (χ1n) is 16.4. The van der Waals surface area contributed by atoms with Gasteiger partial charge in [0.25, 0.3) is 0 Å². The van der Waals surface area contributed by atoms with Gasteiger partial charge in [0.1, 0.15) is 11.6 Å². The van der Waals surface area contributed by atoms with Crippen molar-refractivity contribution in [2.45, 2.75) is 0 Å². The van der Waals surface area contributed by atoms with E-state index in [1.54, 1.807) is 0 Å². The normalized spacial score (nSPS) is 11.6. The molecule has 0 aliphatic heterocycles. The number of imidazole rings is 2. The van der Waals surface area contributed by atoms with Crippen LogP contribution in [0.3, 0.4) is 0 Å². The zero-order valence-corrected chi connectivity index (χ0v) is 26.5. The highest BCUT2D eigenvalue weighted by Gasteiger charge is 2.26. The minimum Gasteiger partial charge on any atom is -0.292 e. The van der Waals surface area contributed by atoms with Crippen molar-refractivity contribution in [1.29, 1.82) is 10.5 Å². The molecule has 6 nitrogen and oxygen atoms in total. The maximum Gasteiger partial charge on any atom is 0.145 e. The van der Waals surface area contributed by atoms with E-state index in [1.807, 2.05) is 84.9 Å². The molecule has 0 N–H and O–H groups in total. The average molecular weight is 637 g/mol. The maximum absolute atomic E-state index is 9.50. The van der Waals surface area contributed by atoms with Gasteiger partial charge in [-0.25, -0.2) is 9.97 Å². The standard InChI is InChI=1S/C44H24N6/c45-25-27-17-21-29(22-18-27)43-47-39-33-13-8-16-36-38(33)37-34(14-7-15-35(37)41(39)49(43)31-9-3-1-4-10-31)40-42(36)50(32-11-5-2-6-12-32)44(48-40)30-23-19-28(26-46)20-24-30/h1-24H. The number of aromatic nitrogens is 4. The Labute approximate surface area is 286 Å². The molecule has 0 unspecified atom stereocenters. The molecule has 8 aromatic carbocycles. The highest BCUT2D eigenvalue weighted by Crippen LogP contribution is 2.47. The van der Waals surface area contributed by atoms with Crippen LogP contribution in [0.25, 0.3) is 88.5 Å². The lowest BCUT2D eigenvalue weighted by molar-refractivity contribution is 1.11. The molecule has 50 heavy (non-hydrogen) atoms. The van der Waals surface area contributed by atoms with Crippen LogP contribution in [0.2, 0.25) is 0 Å². The monoisotopic (exact) mass is 636 g/mol. The van der Waals surface area contributed by atoms with E-state index in [0.29, 0.717) is 11.1 Å². The molecule has 10 aromatic rings. The molecule has 0 aliphatic carbocycles. The van der Waals surface area contributed by atoms with Crippen LogP contribution in [0, 0.1) is 22.7 Å². The third kappa shape index (κ3) is 3.88. The molecule has 0 aliphatic rings. The van der Waals surface area contributed by atoms with Crippen LogP contribution >= 0.6 is 0 Å². The quantitative estimate of drug-likeness (QED) is 0.180. The fraction of sp³-hybridized carbons (Fsp3) is 0.